The van der Waals surface area contributed by atoms with Crippen LogP contribution < -0.4 is 16.0 Å². The third-order valence-corrected chi connectivity index (χ3v) is 6.53. The second-order valence-electron chi connectivity index (χ2n) is 8.09. The van der Waals surface area contributed by atoms with Crippen LogP contribution >= 0.6 is 24.0 Å². The highest BCUT2D eigenvalue weighted by Gasteiger charge is 2.29. The summed E-state index contributed by atoms with van der Waals surface area (Å²) >= 11 is 6.26. The zero-order chi connectivity index (χ0) is 18.9. The van der Waals surface area contributed by atoms with Crippen LogP contribution in [0.1, 0.15) is 44.1 Å². The van der Waals surface area contributed by atoms with E-state index >= 15 is 0 Å². The van der Waals surface area contributed by atoms with E-state index in [1.54, 1.807) is 0 Å². The van der Waals surface area contributed by atoms with Gasteiger partial charge in [0.25, 0.3) is 0 Å². The predicted octanol–water partition coefficient (Wildman–Crippen LogP) is 3.59. The molecule has 158 valence electrons. The fourth-order valence-corrected chi connectivity index (χ4v) is 4.96. The summed E-state index contributed by atoms with van der Waals surface area (Å²) in [6, 6.07) is 0. The van der Waals surface area contributed by atoms with Gasteiger partial charge in [-0.1, -0.05) is 11.6 Å². The van der Waals surface area contributed by atoms with Gasteiger partial charge in [-0.05, 0) is 50.7 Å². The molecule has 5 rings (SSSR count). The number of halogens is 2. The molecular weight excluding hydrogens is 411 g/mol. The molecule has 0 radical (unpaired) electrons. The molecular formula is C21H28Cl2N4O2. The lowest BCUT2D eigenvalue weighted by atomic mass is 9.84. The number of nitrogens with zero attached hydrogens (tertiary/aromatic N) is 2. The number of H-pyrrole nitrogens is 1. The van der Waals surface area contributed by atoms with Gasteiger partial charge in [0, 0.05) is 36.3 Å². The van der Waals surface area contributed by atoms with Crippen LogP contribution in [0.3, 0.4) is 0 Å². The van der Waals surface area contributed by atoms with Crippen LogP contribution in [-0.4, -0.2) is 37.0 Å². The molecule has 8 heteroatoms. The lowest BCUT2D eigenvalue weighted by Gasteiger charge is -2.33. The maximum absolute atomic E-state index is 6.34. The SMILES string of the molecule is Cl.ClC1=CCNc2c3c([nH]c2=C1)=C([C@H]1CC[C@@H](OC2CCOCC2)CC1)N=NC3. The molecule has 0 bridgehead atoms. The summed E-state index contributed by atoms with van der Waals surface area (Å²) in [5.74, 6) is 0.436. The maximum atomic E-state index is 6.34. The fraction of sp³-hybridized carbons (Fsp3) is 0.619. The van der Waals surface area contributed by atoms with E-state index in [0.717, 1.165) is 85.4 Å². The number of fused-ring (bicyclic) bond motifs is 3. The van der Waals surface area contributed by atoms with E-state index in [1.165, 1.54) is 5.56 Å². The topological polar surface area (TPSA) is 71.0 Å². The number of aromatic nitrogens is 1. The monoisotopic (exact) mass is 438 g/mol. The lowest BCUT2D eigenvalue weighted by molar-refractivity contribution is -0.0801. The molecule has 4 heterocycles. The van der Waals surface area contributed by atoms with Crippen LogP contribution in [0.2, 0.25) is 0 Å². The molecule has 1 aromatic rings. The molecule has 0 atom stereocenters. The molecule has 0 spiro atoms. The highest BCUT2D eigenvalue weighted by molar-refractivity contribution is 6.34. The summed E-state index contributed by atoms with van der Waals surface area (Å²) in [6.07, 6.45) is 11.2. The summed E-state index contributed by atoms with van der Waals surface area (Å²) in [5, 5.41) is 15.4. The van der Waals surface area contributed by atoms with Gasteiger partial charge in [-0.15, -0.1) is 12.4 Å². The van der Waals surface area contributed by atoms with Gasteiger partial charge >= 0.3 is 0 Å². The average Bonchev–Trinajstić information content (AvgIpc) is 2.95. The van der Waals surface area contributed by atoms with Crippen molar-refractivity contribution in [2.45, 2.75) is 57.3 Å². The van der Waals surface area contributed by atoms with Crippen LogP contribution in [0.5, 0.6) is 0 Å². The van der Waals surface area contributed by atoms with Gasteiger partial charge in [0.15, 0.2) is 0 Å². The minimum Gasteiger partial charge on any atom is -0.381 e. The third-order valence-electron chi connectivity index (χ3n) is 6.27. The van der Waals surface area contributed by atoms with E-state index < -0.39 is 0 Å². The average molecular weight is 439 g/mol. The number of aromatic amines is 1. The van der Waals surface area contributed by atoms with E-state index in [-0.39, 0.29) is 12.4 Å². The van der Waals surface area contributed by atoms with Crippen molar-refractivity contribution < 1.29 is 9.47 Å². The van der Waals surface area contributed by atoms with E-state index in [4.69, 9.17) is 21.1 Å². The Morgan fingerprint density at radius 1 is 1.07 bits per heavy atom. The second-order valence-corrected chi connectivity index (χ2v) is 8.52. The van der Waals surface area contributed by atoms with E-state index in [1.807, 2.05) is 12.2 Å². The van der Waals surface area contributed by atoms with Crippen LogP contribution in [0.4, 0.5) is 5.69 Å². The maximum Gasteiger partial charge on any atom is 0.0895 e. The molecule has 0 amide bonds. The number of rotatable bonds is 3. The van der Waals surface area contributed by atoms with Crippen molar-refractivity contribution >= 4 is 41.5 Å². The molecule has 6 nitrogen and oxygen atoms in total. The first kappa shape index (κ1) is 20.9. The Balaban J connectivity index is 0.00000205. The summed E-state index contributed by atoms with van der Waals surface area (Å²) in [4.78, 5) is 3.57. The summed E-state index contributed by atoms with van der Waals surface area (Å²) in [7, 11) is 0. The molecule has 1 aromatic heterocycles. The Labute approximate surface area is 181 Å². The molecule has 3 aliphatic heterocycles. The zero-order valence-electron chi connectivity index (χ0n) is 16.5. The number of ether oxygens (including phenoxy) is 2. The van der Waals surface area contributed by atoms with Gasteiger partial charge in [-0.3, -0.25) is 0 Å². The van der Waals surface area contributed by atoms with Gasteiger partial charge in [0.1, 0.15) is 0 Å². The Morgan fingerprint density at radius 2 is 1.83 bits per heavy atom. The Kier molecular flexibility index (Phi) is 6.64. The largest absolute Gasteiger partial charge is 0.381 e. The van der Waals surface area contributed by atoms with Gasteiger partial charge in [0.2, 0.25) is 0 Å². The van der Waals surface area contributed by atoms with Crippen molar-refractivity contribution in [3.8, 4) is 0 Å². The quantitative estimate of drug-likeness (QED) is 0.756. The molecule has 2 fully saturated rings. The van der Waals surface area contributed by atoms with Gasteiger partial charge in [0.05, 0.1) is 40.8 Å². The van der Waals surface area contributed by atoms with Crippen LogP contribution in [0, 0.1) is 5.92 Å². The van der Waals surface area contributed by atoms with Crippen molar-refractivity contribution in [2.24, 2.45) is 16.1 Å². The smallest absolute Gasteiger partial charge is 0.0895 e. The summed E-state index contributed by atoms with van der Waals surface area (Å²) in [5.41, 5.74) is 3.44. The molecule has 0 aromatic carbocycles. The first-order valence-electron chi connectivity index (χ1n) is 10.4. The van der Waals surface area contributed by atoms with Crippen molar-refractivity contribution in [1.82, 2.24) is 4.98 Å². The summed E-state index contributed by atoms with van der Waals surface area (Å²) < 4.78 is 11.8. The van der Waals surface area contributed by atoms with E-state index in [9.17, 15) is 0 Å². The van der Waals surface area contributed by atoms with Crippen LogP contribution in [-0.2, 0) is 16.0 Å². The van der Waals surface area contributed by atoms with Gasteiger partial charge in [-0.2, -0.15) is 10.2 Å². The number of allylic oxidation sites excluding steroid dienone is 1. The Morgan fingerprint density at radius 3 is 2.62 bits per heavy atom. The number of azo groups is 1. The minimum absolute atomic E-state index is 0. The molecule has 4 aliphatic rings. The normalized spacial score (nSPS) is 26.9. The van der Waals surface area contributed by atoms with Crippen molar-refractivity contribution in [1.29, 1.82) is 0 Å². The Hall–Kier alpha value is -1.34. The standard InChI is InChI=1S/C21H27ClN4O2.ClH/c22-14-5-8-23-20-17-12-24-26-19(21(17)25-18(20)11-14)13-1-3-15(4-2-13)28-16-6-9-27-10-7-16;/h5,11,13,15-16,23,25H,1-4,6-10,12H2;1H/t13-,15+;. The fourth-order valence-electron chi connectivity index (χ4n) is 4.77. The van der Waals surface area contributed by atoms with Gasteiger partial charge in [-0.25, -0.2) is 0 Å². The Bertz CT molecular complexity index is 910. The van der Waals surface area contributed by atoms with Crippen molar-refractivity contribution in [2.75, 3.05) is 25.1 Å². The zero-order valence-corrected chi connectivity index (χ0v) is 18.0. The predicted molar refractivity (Wildman–Crippen MR) is 117 cm³/mol. The number of hydrogen-bond acceptors (Lipinski definition) is 5. The first-order chi connectivity index (χ1) is 13.8. The van der Waals surface area contributed by atoms with Crippen LogP contribution in [0.15, 0.2) is 21.3 Å². The number of anilines is 1. The minimum atomic E-state index is 0. The molecule has 0 unspecified atom stereocenters. The molecule has 1 aliphatic carbocycles. The van der Waals surface area contributed by atoms with Crippen LogP contribution in [0.25, 0.3) is 11.8 Å². The highest BCUT2D eigenvalue weighted by Crippen LogP contribution is 2.34. The third kappa shape index (κ3) is 4.41. The second kappa shape index (κ2) is 9.21. The van der Waals surface area contributed by atoms with E-state index in [2.05, 4.69) is 20.5 Å². The van der Waals surface area contributed by atoms with E-state index in [0.29, 0.717) is 24.7 Å². The molecule has 1 saturated carbocycles. The number of nitrogens with one attached hydrogen (secondary N) is 2. The van der Waals surface area contributed by atoms with Gasteiger partial charge < -0.3 is 19.8 Å². The van der Waals surface area contributed by atoms with Crippen molar-refractivity contribution in [3.63, 3.8) is 0 Å². The first-order valence-corrected chi connectivity index (χ1v) is 10.8. The lowest BCUT2D eigenvalue weighted by Crippen LogP contribution is -2.32. The summed E-state index contributed by atoms with van der Waals surface area (Å²) in [6.45, 7) is 3.02. The highest BCUT2D eigenvalue weighted by atomic mass is 35.5. The molecule has 1 saturated heterocycles. The molecule has 29 heavy (non-hydrogen) atoms. The molecule has 2 N–H and O–H groups in total. The number of hydrogen-bond donors (Lipinski definition) is 2. The van der Waals surface area contributed by atoms with Crippen molar-refractivity contribution in [3.05, 3.63) is 27.4 Å².